The van der Waals surface area contributed by atoms with Crippen LogP contribution in [0.25, 0.3) is 0 Å². The zero-order valence-corrected chi connectivity index (χ0v) is 34.2. The summed E-state index contributed by atoms with van der Waals surface area (Å²) in [4.78, 5) is 21.2. The van der Waals surface area contributed by atoms with Crippen molar-refractivity contribution in [2.24, 2.45) is 10.9 Å². The van der Waals surface area contributed by atoms with E-state index in [0.29, 0.717) is 44.2 Å². The summed E-state index contributed by atoms with van der Waals surface area (Å²) in [6.45, 7) is 24.5. The van der Waals surface area contributed by atoms with Crippen LogP contribution in [0, 0.1) is 5.92 Å². The second-order valence-electron chi connectivity index (χ2n) is 14.0. The molecule has 6 nitrogen and oxygen atoms in total. The summed E-state index contributed by atoms with van der Waals surface area (Å²) in [5.74, 6) is 0.917. The molecule has 0 spiro atoms. The number of carbonyl (C=O) groups is 1. The predicted molar refractivity (Wildman–Crippen MR) is 215 cm³/mol. The van der Waals surface area contributed by atoms with Gasteiger partial charge >= 0.3 is 6.18 Å². The van der Waals surface area contributed by atoms with Crippen LogP contribution in [-0.2, 0) is 11.2 Å². The van der Waals surface area contributed by atoms with Gasteiger partial charge in [0, 0.05) is 43.6 Å². The second-order valence-corrected chi connectivity index (χ2v) is 14.0. The van der Waals surface area contributed by atoms with Gasteiger partial charge in [-0.2, -0.15) is 13.2 Å². The lowest BCUT2D eigenvalue weighted by molar-refractivity contribution is -0.132. The number of benzene rings is 1. The van der Waals surface area contributed by atoms with Crippen molar-refractivity contribution < 1.29 is 18.0 Å². The molecule has 0 aliphatic heterocycles. The van der Waals surface area contributed by atoms with Crippen LogP contribution >= 0.6 is 0 Å². The molecule has 0 saturated heterocycles. The Hall–Kier alpha value is -2.81. The number of nitrogens with zero attached hydrogens (tertiary/aromatic N) is 3. The van der Waals surface area contributed by atoms with Crippen LogP contribution in [0.1, 0.15) is 150 Å². The first-order chi connectivity index (χ1) is 24.2. The number of aliphatic imine (C=N–C) groups is 1. The maximum atomic E-state index is 14.3. The molecule has 1 aromatic carbocycles. The number of nitrogens with one attached hydrogen (secondary N) is 2. The van der Waals surface area contributed by atoms with Gasteiger partial charge in [0.05, 0.1) is 5.57 Å². The van der Waals surface area contributed by atoms with Gasteiger partial charge in [-0.3, -0.25) is 4.79 Å². The van der Waals surface area contributed by atoms with Crippen molar-refractivity contribution in [2.45, 2.75) is 152 Å². The van der Waals surface area contributed by atoms with E-state index >= 15 is 0 Å². The molecule has 0 aromatic heterocycles. The fourth-order valence-electron chi connectivity index (χ4n) is 5.69. The third-order valence-corrected chi connectivity index (χ3v) is 8.85. The number of carbonyl (C=O) groups excluding carboxylic acids is 1. The van der Waals surface area contributed by atoms with Gasteiger partial charge in [0.25, 0.3) is 0 Å². The van der Waals surface area contributed by atoms with Crippen LogP contribution in [0.4, 0.5) is 18.9 Å². The zero-order chi connectivity index (χ0) is 38.8. The Morgan fingerprint density at radius 3 is 2.10 bits per heavy atom. The van der Waals surface area contributed by atoms with Gasteiger partial charge in [-0.15, -0.1) is 0 Å². The van der Waals surface area contributed by atoms with Gasteiger partial charge in [-0.25, -0.2) is 4.99 Å². The third kappa shape index (κ3) is 20.7. The Bertz CT molecular complexity index is 1170. The minimum absolute atomic E-state index is 0.0287. The van der Waals surface area contributed by atoms with Crippen molar-refractivity contribution >= 4 is 17.4 Å². The van der Waals surface area contributed by atoms with E-state index in [1.807, 2.05) is 31.7 Å². The highest BCUT2D eigenvalue weighted by atomic mass is 19.4. The van der Waals surface area contributed by atoms with Gasteiger partial charge in [0.2, 0.25) is 5.91 Å². The van der Waals surface area contributed by atoms with Crippen LogP contribution in [-0.4, -0.2) is 67.5 Å². The first-order valence-electron chi connectivity index (χ1n) is 19.8. The largest absolute Gasteiger partial charge is 0.419 e. The van der Waals surface area contributed by atoms with Gasteiger partial charge in [0.15, 0.2) is 0 Å². The Labute approximate surface area is 310 Å². The summed E-state index contributed by atoms with van der Waals surface area (Å²) in [5, 5.41) is 6.27. The standard InChI is InChI=1S/C35H57F3N4O.C7H17N/c1-9-14-16-18-34(43)42(21-11-3)25-26(6)23-40-33(17-15-10-2)31(35(36,37)38)24-39-28(8)41-32-20-19-30(27(7)12-4)22-29(32)13-5;1-4-6-8(3)7-5-2/h17,19-20,22,24,26-27,40H,9-16,18,21,23,25H2,1-8H3,(H,39,41);4-7H2,1-3H3/b31-24+,33-17-;. The van der Waals surface area contributed by atoms with E-state index < -0.39 is 11.7 Å². The predicted octanol–water partition coefficient (Wildman–Crippen LogP) is 11.5. The van der Waals surface area contributed by atoms with Gasteiger partial charge < -0.3 is 20.4 Å². The normalized spacial score (nSPS) is 13.8. The van der Waals surface area contributed by atoms with E-state index in [4.69, 9.17) is 0 Å². The summed E-state index contributed by atoms with van der Waals surface area (Å²) in [7, 11) is 2.17. The van der Waals surface area contributed by atoms with Gasteiger partial charge in [0.1, 0.15) is 5.84 Å². The number of allylic oxidation sites excluding steroid dienone is 2. The van der Waals surface area contributed by atoms with E-state index in [0.717, 1.165) is 62.4 Å². The maximum Gasteiger partial charge on any atom is 0.419 e. The van der Waals surface area contributed by atoms with E-state index in [1.165, 1.54) is 31.5 Å². The molecule has 2 unspecified atom stereocenters. The second kappa shape index (κ2) is 27.8. The molecule has 0 aliphatic carbocycles. The minimum Gasteiger partial charge on any atom is -0.384 e. The summed E-state index contributed by atoms with van der Waals surface area (Å²) >= 11 is 0. The topological polar surface area (TPSA) is 60.0 Å². The minimum atomic E-state index is -4.59. The van der Waals surface area contributed by atoms with Crippen LogP contribution in [0.5, 0.6) is 0 Å². The van der Waals surface area contributed by atoms with Crippen molar-refractivity contribution in [2.75, 3.05) is 45.1 Å². The monoisotopic (exact) mass is 722 g/mol. The number of amidine groups is 1. The van der Waals surface area contributed by atoms with Crippen molar-refractivity contribution in [3.8, 4) is 0 Å². The van der Waals surface area contributed by atoms with Gasteiger partial charge in [-0.05, 0) is 101 Å². The van der Waals surface area contributed by atoms with Crippen LogP contribution in [0.3, 0.4) is 0 Å². The molecule has 0 fully saturated rings. The summed E-state index contributed by atoms with van der Waals surface area (Å²) < 4.78 is 43.0. The molecule has 1 aromatic rings. The van der Waals surface area contributed by atoms with Crippen LogP contribution < -0.4 is 10.6 Å². The molecule has 0 bridgehead atoms. The number of aryl methyl sites for hydroxylation is 1. The summed E-state index contributed by atoms with van der Waals surface area (Å²) in [6.07, 6.45) is 7.84. The number of anilines is 1. The molecule has 294 valence electrons. The third-order valence-electron chi connectivity index (χ3n) is 8.85. The number of unbranched alkanes of at least 4 members (excludes halogenated alkanes) is 3. The van der Waals surface area contributed by atoms with E-state index in [-0.39, 0.29) is 17.5 Å². The first kappa shape index (κ1) is 48.2. The Balaban J connectivity index is 0.00000277. The molecule has 9 heteroatoms. The smallest absolute Gasteiger partial charge is 0.384 e. The zero-order valence-electron chi connectivity index (χ0n) is 34.2. The molecule has 2 N–H and O–H groups in total. The molecule has 0 radical (unpaired) electrons. The molecular formula is C42H74F3N5O. The van der Waals surface area contributed by atoms with E-state index in [1.54, 1.807) is 13.0 Å². The molecule has 1 rings (SSSR count). The van der Waals surface area contributed by atoms with E-state index in [9.17, 15) is 18.0 Å². The summed E-state index contributed by atoms with van der Waals surface area (Å²) in [5.41, 5.74) is 2.43. The van der Waals surface area contributed by atoms with Crippen LogP contribution in [0.2, 0.25) is 0 Å². The number of amides is 1. The number of halogens is 3. The van der Waals surface area contributed by atoms with Crippen molar-refractivity contribution in [1.29, 1.82) is 0 Å². The number of hydrogen-bond acceptors (Lipinski definition) is 4. The highest BCUT2D eigenvalue weighted by Crippen LogP contribution is 2.31. The fourth-order valence-corrected chi connectivity index (χ4v) is 5.69. The van der Waals surface area contributed by atoms with E-state index in [2.05, 4.69) is 81.2 Å². The molecular weight excluding hydrogens is 647 g/mol. The average Bonchev–Trinajstić information content (AvgIpc) is 3.08. The van der Waals surface area contributed by atoms with Gasteiger partial charge in [-0.1, -0.05) is 99.8 Å². The highest BCUT2D eigenvalue weighted by molar-refractivity contribution is 5.94. The van der Waals surface area contributed by atoms with Crippen molar-refractivity contribution in [3.63, 3.8) is 0 Å². The SMILES string of the molecule is CCC/C=C(NCC(C)CN(CCC)C(=O)CCCCC)/C(=C\N=C(C)Nc1ccc(C(C)CC)cc1CC)C(F)(F)F.CCCN(C)CCC. The average molecular weight is 722 g/mol. The lowest BCUT2D eigenvalue weighted by Gasteiger charge is -2.27. The van der Waals surface area contributed by atoms with Crippen molar-refractivity contribution in [1.82, 2.24) is 15.1 Å². The Morgan fingerprint density at radius 1 is 0.922 bits per heavy atom. The van der Waals surface area contributed by atoms with Crippen LogP contribution in [0.15, 0.2) is 46.7 Å². The molecule has 0 aliphatic rings. The molecule has 2 atom stereocenters. The molecule has 0 heterocycles. The number of alkyl halides is 3. The first-order valence-corrected chi connectivity index (χ1v) is 19.8. The summed E-state index contributed by atoms with van der Waals surface area (Å²) in [6, 6.07) is 6.22. The quantitative estimate of drug-likeness (QED) is 0.0511. The fraction of sp³-hybridized carbons (Fsp3) is 0.714. The van der Waals surface area contributed by atoms with Crippen molar-refractivity contribution in [3.05, 3.63) is 52.9 Å². The lowest BCUT2D eigenvalue weighted by Crippen LogP contribution is -2.38. The molecule has 1 amide bonds. The maximum absolute atomic E-state index is 14.3. The molecule has 0 saturated carbocycles. The Kier molecular flexibility index (Phi) is 26.3. The number of rotatable bonds is 23. The highest BCUT2D eigenvalue weighted by Gasteiger charge is 2.36. The number of hydrogen-bond donors (Lipinski definition) is 2. The Morgan fingerprint density at radius 2 is 1.57 bits per heavy atom. The lowest BCUT2D eigenvalue weighted by atomic mass is 9.95. The molecule has 51 heavy (non-hydrogen) atoms.